The lowest BCUT2D eigenvalue weighted by atomic mass is 10.3. The van der Waals surface area contributed by atoms with Crippen molar-refractivity contribution in [1.82, 2.24) is 9.59 Å². The van der Waals surface area contributed by atoms with Gasteiger partial charge in [-0.3, -0.25) is 0 Å². The predicted octanol–water partition coefficient (Wildman–Crippen LogP) is 0.737. The van der Waals surface area contributed by atoms with Crippen LogP contribution >= 0.6 is 11.5 Å². The largest absolute Gasteiger partial charge is 0.494 e. The Morgan fingerprint density at radius 3 is 2.88 bits per heavy atom. The van der Waals surface area contributed by atoms with Gasteiger partial charge in [0.15, 0.2) is 0 Å². The first kappa shape index (κ1) is 11.2. The number of fused-ring (bicyclic) bond motifs is 1. The van der Waals surface area contributed by atoms with Gasteiger partial charge in [-0.05, 0) is 18.5 Å². The monoisotopic (exact) mass is 259 g/mol. The Morgan fingerprint density at radius 2 is 2.25 bits per heavy atom. The van der Waals surface area contributed by atoms with Crippen LogP contribution in [-0.2, 0) is 10.0 Å². The molecule has 0 bridgehead atoms. The zero-order valence-electron chi connectivity index (χ0n) is 8.37. The molecule has 86 valence electrons. The molecule has 0 saturated heterocycles. The maximum Gasteiger partial charge on any atom is 0.240 e. The van der Waals surface area contributed by atoms with Gasteiger partial charge in [0.25, 0.3) is 0 Å². The number of primary sulfonamides is 1. The van der Waals surface area contributed by atoms with E-state index in [-0.39, 0.29) is 10.4 Å². The van der Waals surface area contributed by atoms with E-state index >= 15 is 0 Å². The molecule has 0 atom stereocenters. The molecule has 0 spiro atoms. The second-order valence-corrected chi connectivity index (χ2v) is 5.33. The lowest BCUT2D eigenvalue weighted by molar-refractivity contribution is 0.340. The van der Waals surface area contributed by atoms with E-state index in [1.165, 1.54) is 6.07 Å². The molecule has 2 N–H and O–H groups in total. The zero-order valence-corrected chi connectivity index (χ0v) is 10.0. The predicted molar refractivity (Wildman–Crippen MR) is 60.0 cm³/mol. The van der Waals surface area contributed by atoms with E-state index in [2.05, 4.69) is 9.59 Å². The third-order valence-electron chi connectivity index (χ3n) is 1.91. The molecule has 1 heterocycles. The molecular weight excluding hydrogens is 250 g/mol. The van der Waals surface area contributed by atoms with Crippen LogP contribution in [0.2, 0.25) is 0 Å². The second kappa shape index (κ2) is 3.96. The van der Waals surface area contributed by atoms with Gasteiger partial charge in [0.1, 0.15) is 16.2 Å². The molecule has 0 aliphatic rings. The Kier molecular flexibility index (Phi) is 2.78. The van der Waals surface area contributed by atoms with E-state index in [1.807, 2.05) is 6.92 Å². The Morgan fingerprint density at radius 1 is 1.50 bits per heavy atom. The van der Waals surface area contributed by atoms with Crippen LogP contribution in [0.25, 0.3) is 10.2 Å². The number of ether oxygens (including phenoxy) is 1. The third kappa shape index (κ3) is 1.99. The molecule has 6 nitrogen and oxygen atoms in total. The van der Waals surface area contributed by atoms with Crippen LogP contribution in [-0.4, -0.2) is 24.6 Å². The molecule has 0 aliphatic carbocycles. The zero-order chi connectivity index (χ0) is 11.8. The highest BCUT2D eigenvalue weighted by atomic mass is 32.2. The Labute approximate surface area is 96.2 Å². The van der Waals surface area contributed by atoms with E-state index in [0.29, 0.717) is 17.1 Å². The molecule has 0 fully saturated rings. The number of hydrogen-bond donors (Lipinski definition) is 1. The smallest absolute Gasteiger partial charge is 0.240 e. The molecule has 8 heteroatoms. The molecule has 0 amide bonds. The molecule has 0 radical (unpaired) electrons. The van der Waals surface area contributed by atoms with Crippen molar-refractivity contribution in [1.29, 1.82) is 0 Å². The molecule has 2 aromatic rings. The lowest BCUT2D eigenvalue weighted by Crippen LogP contribution is -2.13. The van der Waals surface area contributed by atoms with Gasteiger partial charge in [-0.15, -0.1) is 5.10 Å². The van der Waals surface area contributed by atoms with E-state index in [4.69, 9.17) is 9.88 Å². The first-order chi connectivity index (χ1) is 7.52. The molecule has 0 aliphatic heterocycles. The molecule has 0 unspecified atom stereocenters. The number of hydrogen-bond acceptors (Lipinski definition) is 6. The van der Waals surface area contributed by atoms with Gasteiger partial charge in [-0.1, -0.05) is 4.49 Å². The first-order valence-electron chi connectivity index (χ1n) is 4.44. The Bertz CT molecular complexity index is 620. The summed E-state index contributed by atoms with van der Waals surface area (Å²) in [5.41, 5.74) is 0.288. The summed E-state index contributed by atoms with van der Waals surface area (Å²) in [7, 11) is -3.82. The topological polar surface area (TPSA) is 95.2 Å². The van der Waals surface area contributed by atoms with Crippen LogP contribution in [0.3, 0.4) is 0 Å². The molecule has 1 aromatic carbocycles. The minimum atomic E-state index is -3.82. The molecule has 0 saturated carbocycles. The fourth-order valence-corrected chi connectivity index (χ4v) is 2.68. The number of rotatable bonds is 3. The summed E-state index contributed by atoms with van der Waals surface area (Å²) in [4.78, 5) is -0.0535. The van der Waals surface area contributed by atoms with Crippen molar-refractivity contribution in [3.8, 4) is 5.75 Å². The third-order valence-corrected chi connectivity index (χ3v) is 3.51. The summed E-state index contributed by atoms with van der Waals surface area (Å²) in [5.74, 6) is 0.449. The van der Waals surface area contributed by atoms with E-state index in [1.54, 1.807) is 6.07 Å². The van der Waals surface area contributed by atoms with Gasteiger partial charge in [-0.25, -0.2) is 13.6 Å². The minimum absolute atomic E-state index is 0.0535. The van der Waals surface area contributed by atoms with Crippen molar-refractivity contribution in [3.05, 3.63) is 12.1 Å². The summed E-state index contributed by atoms with van der Waals surface area (Å²) >= 11 is 1.10. The lowest BCUT2D eigenvalue weighted by Gasteiger charge is -2.05. The van der Waals surface area contributed by atoms with E-state index in [9.17, 15) is 8.42 Å². The number of nitrogens with two attached hydrogens (primary N) is 1. The van der Waals surface area contributed by atoms with Crippen LogP contribution in [0.4, 0.5) is 0 Å². The van der Waals surface area contributed by atoms with Gasteiger partial charge in [0.2, 0.25) is 10.0 Å². The van der Waals surface area contributed by atoms with Gasteiger partial charge < -0.3 is 4.74 Å². The summed E-state index contributed by atoms with van der Waals surface area (Å²) in [6, 6.07) is 3.06. The second-order valence-electron chi connectivity index (χ2n) is 3.02. The standard InChI is InChI=1S/C8H9N3O3S2/c1-2-14-5-3-6-8(10-11-15-6)7(4-5)16(9,12)13/h3-4H,2H2,1H3,(H2,9,12,13). The average Bonchev–Trinajstić information content (AvgIpc) is 2.63. The van der Waals surface area contributed by atoms with Crippen molar-refractivity contribution in [2.24, 2.45) is 5.14 Å². The normalized spacial score (nSPS) is 11.9. The van der Waals surface area contributed by atoms with Crippen molar-refractivity contribution >= 4 is 31.8 Å². The first-order valence-corrected chi connectivity index (χ1v) is 6.76. The van der Waals surface area contributed by atoms with Crippen LogP contribution < -0.4 is 9.88 Å². The fraction of sp³-hybridized carbons (Fsp3) is 0.250. The van der Waals surface area contributed by atoms with Crippen molar-refractivity contribution < 1.29 is 13.2 Å². The van der Waals surface area contributed by atoms with E-state index < -0.39 is 10.0 Å². The molecular formula is C8H9N3O3S2. The quantitative estimate of drug-likeness (QED) is 0.877. The number of benzene rings is 1. The highest BCUT2D eigenvalue weighted by Gasteiger charge is 2.17. The molecule has 2 rings (SSSR count). The number of aromatic nitrogens is 2. The Balaban J connectivity index is 2.74. The van der Waals surface area contributed by atoms with Gasteiger partial charge >= 0.3 is 0 Å². The molecule has 1 aromatic heterocycles. The summed E-state index contributed by atoms with van der Waals surface area (Å²) < 4.78 is 32.3. The van der Waals surface area contributed by atoms with Gasteiger partial charge in [0.05, 0.1) is 11.3 Å². The van der Waals surface area contributed by atoms with Crippen LogP contribution in [0.5, 0.6) is 5.75 Å². The van der Waals surface area contributed by atoms with Crippen molar-refractivity contribution in [2.75, 3.05) is 6.61 Å². The Hall–Kier alpha value is -1.25. The average molecular weight is 259 g/mol. The summed E-state index contributed by atoms with van der Waals surface area (Å²) in [5, 5.41) is 8.84. The van der Waals surface area contributed by atoms with Crippen LogP contribution in [0.15, 0.2) is 17.0 Å². The summed E-state index contributed by atoms with van der Waals surface area (Å²) in [6.45, 7) is 2.26. The van der Waals surface area contributed by atoms with Crippen LogP contribution in [0, 0.1) is 0 Å². The maximum atomic E-state index is 11.4. The number of nitrogens with zero attached hydrogens (tertiary/aromatic N) is 2. The highest BCUT2D eigenvalue weighted by molar-refractivity contribution is 7.89. The maximum absolute atomic E-state index is 11.4. The highest BCUT2D eigenvalue weighted by Crippen LogP contribution is 2.28. The van der Waals surface area contributed by atoms with E-state index in [0.717, 1.165) is 11.5 Å². The SMILES string of the molecule is CCOc1cc(S(N)(=O)=O)c2nnsc2c1. The van der Waals surface area contributed by atoms with Gasteiger partial charge in [0, 0.05) is 12.1 Å². The molecule has 16 heavy (non-hydrogen) atoms. The summed E-state index contributed by atoms with van der Waals surface area (Å²) in [6.07, 6.45) is 0. The fourth-order valence-electron chi connectivity index (χ4n) is 1.30. The van der Waals surface area contributed by atoms with Gasteiger partial charge in [-0.2, -0.15) is 0 Å². The van der Waals surface area contributed by atoms with Crippen LogP contribution in [0.1, 0.15) is 6.92 Å². The minimum Gasteiger partial charge on any atom is -0.494 e. The van der Waals surface area contributed by atoms with Crippen molar-refractivity contribution in [3.63, 3.8) is 0 Å². The number of sulfonamides is 1. The van der Waals surface area contributed by atoms with Crippen molar-refractivity contribution in [2.45, 2.75) is 11.8 Å².